The second-order valence-electron chi connectivity index (χ2n) is 6.67. The summed E-state index contributed by atoms with van der Waals surface area (Å²) < 4.78 is 9.93. The lowest BCUT2D eigenvalue weighted by Gasteiger charge is -2.42. The zero-order valence-corrected chi connectivity index (χ0v) is 13.7. The average Bonchev–Trinajstić information content (AvgIpc) is 3.17. The number of carbonyl (C=O) groups excluding carboxylic acids is 1. The van der Waals surface area contributed by atoms with Crippen LogP contribution in [0.15, 0.2) is 10.6 Å². The fraction of sp³-hybridized carbons (Fsp3) is 0.688. The summed E-state index contributed by atoms with van der Waals surface area (Å²) in [6.45, 7) is 1.20. The van der Waals surface area contributed by atoms with Crippen LogP contribution in [0.1, 0.15) is 41.9 Å². The van der Waals surface area contributed by atoms with E-state index in [9.17, 15) is 9.59 Å². The number of methoxy groups -OCH3 is 1. The molecule has 0 bridgehead atoms. The van der Waals surface area contributed by atoms with Crippen LogP contribution in [0.2, 0.25) is 0 Å². The Kier molecular flexibility index (Phi) is 5.15. The molecule has 0 aromatic carbocycles. The molecule has 0 saturated heterocycles. The first kappa shape index (κ1) is 16.9. The van der Waals surface area contributed by atoms with Crippen LogP contribution < -0.4 is 5.32 Å². The fourth-order valence-corrected chi connectivity index (χ4v) is 3.04. The van der Waals surface area contributed by atoms with Crippen molar-refractivity contribution in [2.45, 2.75) is 44.4 Å². The van der Waals surface area contributed by atoms with E-state index in [1.165, 1.54) is 12.8 Å². The summed E-state index contributed by atoms with van der Waals surface area (Å²) in [6.07, 6.45) is 3.93. The van der Waals surface area contributed by atoms with Crippen molar-refractivity contribution in [3.05, 3.63) is 17.5 Å². The molecule has 2 fully saturated rings. The van der Waals surface area contributed by atoms with Crippen LogP contribution in [0.25, 0.3) is 0 Å². The molecule has 0 radical (unpaired) electrons. The predicted octanol–water partition coefficient (Wildman–Crippen LogP) is 0.878. The summed E-state index contributed by atoms with van der Waals surface area (Å²) in [5.74, 6) is 0.0893. The molecule has 0 atom stereocenters. The quantitative estimate of drug-likeness (QED) is 0.689. The Morgan fingerprint density at radius 3 is 2.83 bits per heavy atom. The van der Waals surface area contributed by atoms with Gasteiger partial charge in [0.1, 0.15) is 6.61 Å². The fourth-order valence-electron chi connectivity index (χ4n) is 3.04. The van der Waals surface area contributed by atoms with Gasteiger partial charge in [-0.05, 0) is 31.6 Å². The highest BCUT2D eigenvalue weighted by Crippen LogP contribution is 2.33. The smallest absolute Gasteiger partial charge is 0.317 e. The highest BCUT2D eigenvalue weighted by Gasteiger charge is 2.38. The topological polar surface area (TPSA) is 105 Å². The molecule has 2 aliphatic rings. The number of hydrogen-bond donors (Lipinski definition) is 2. The number of aromatic nitrogens is 1. The Labute approximate surface area is 140 Å². The van der Waals surface area contributed by atoms with Crippen molar-refractivity contribution < 1.29 is 24.0 Å². The summed E-state index contributed by atoms with van der Waals surface area (Å²) >= 11 is 0. The van der Waals surface area contributed by atoms with Crippen LogP contribution in [0, 0.1) is 5.92 Å². The summed E-state index contributed by atoms with van der Waals surface area (Å²) in [7, 11) is 1.54. The largest absolute Gasteiger partial charge is 0.480 e. The molecular formula is C16H23N3O5. The van der Waals surface area contributed by atoms with Gasteiger partial charge in [-0.15, -0.1) is 0 Å². The summed E-state index contributed by atoms with van der Waals surface area (Å²) in [4.78, 5) is 25.2. The van der Waals surface area contributed by atoms with Crippen molar-refractivity contribution in [1.29, 1.82) is 0 Å². The number of rotatable bonds is 9. The number of aliphatic carboxylic acids is 1. The monoisotopic (exact) mass is 337 g/mol. The first-order valence-corrected chi connectivity index (χ1v) is 8.26. The number of amides is 1. The highest BCUT2D eigenvalue weighted by molar-refractivity contribution is 5.92. The Bertz CT molecular complexity index is 592. The van der Waals surface area contributed by atoms with E-state index in [1.54, 1.807) is 13.2 Å². The van der Waals surface area contributed by atoms with Crippen molar-refractivity contribution in [3.8, 4) is 0 Å². The molecule has 0 aliphatic heterocycles. The zero-order chi connectivity index (χ0) is 17.1. The Balaban J connectivity index is 1.46. The summed E-state index contributed by atoms with van der Waals surface area (Å²) in [5, 5.41) is 15.7. The third kappa shape index (κ3) is 4.33. The van der Waals surface area contributed by atoms with E-state index in [-0.39, 0.29) is 36.8 Å². The molecule has 2 saturated carbocycles. The van der Waals surface area contributed by atoms with Gasteiger partial charge >= 0.3 is 5.97 Å². The highest BCUT2D eigenvalue weighted by atomic mass is 16.5. The van der Waals surface area contributed by atoms with E-state index >= 15 is 0 Å². The number of carbonyl (C=O) groups is 2. The molecular weight excluding hydrogens is 314 g/mol. The normalized spacial score (nSPS) is 23.1. The van der Waals surface area contributed by atoms with Crippen molar-refractivity contribution in [2.75, 3.05) is 20.2 Å². The molecule has 8 heteroatoms. The standard InChI is InChI=1S/C16H23N3O5/c1-23-9-13-6-14(18-24-13)16(22)17-11-4-12(5-11)19(8-15(20)21)7-10-2-3-10/h6,10-12H,2-5,7-9H2,1H3,(H,17,22)(H,20,21). The molecule has 0 unspecified atom stereocenters. The predicted molar refractivity (Wildman–Crippen MR) is 83.4 cm³/mol. The SMILES string of the molecule is COCc1cc(C(=O)NC2CC(N(CC(=O)O)CC3CC3)C2)no1. The van der Waals surface area contributed by atoms with Crippen LogP contribution in [0.4, 0.5) is 0 Å². The van der Waals surface area contributed by atoms with Crippen molar-refractivity contribution in [3.63, 3.8) is 0 Å². The van der Waals surface area contributed by atoms with Gasteiger partial charge in [-0.25, -0.2) is 0 Å². The third-order valence-electron chi connectivity index (χ3n) is 4.57. The van der Waals surface area contributed by atoms with Gasteiger partial charge in [0.25, 0.3) is 5.91 Å². The zero-order valence-electron chi connectivity index (χ0n) is 13.7. The number of carboxylic acid groups (broad SMARTS) is 1. The maximum absolute atomic E-state index is 12.1. The molecule has 1 aromatic heterocycles. The van der Waals surface area contributed by atoms with Crippen LogP contribution in [-0.2, 0) is 16.1 Å². The minimum absolute atomic E-state index is 0.0561. The Morgan fingerprint density at radius 1 is 1.46 bits per heavy atom. The van der Waals surface area contributed by atoms with E-state index in [0.29, 0.717) is 11.7 Å². The van der Waals surface area contributed by atoms with E-state index in [1.807, 2.05) is 4.90 Å². The van der Waals surface area contributed by atoms with Gasteiger partial charge in [0.15, 0.2) is 11.5 Å². The van der Waals surface area contributed by atoms with Crippen molar-refractivity contribution >= 4 is 11.9 Å². The molecule has 1 amide bonds. The van der Waals surface area contributed by atoms with Gasteiger partial charge in [-0.2, -0.15) is 0 Å². The number of nitrogens with zero attached hydrogens (tertiary/aromatic N) is 2. The van der Waals surface area contributed by atoms with Crippen molar-refractivity contribution in [2.24, 2.45) is 5.92 Å². The van der Waals surface area contributed by atoms with Crippen molar-refractivity contribution in [1.82, 2.24) is 15.4 Å². The third-order valence-corrected chi connectivity index (χ3v) is 4.57. The van der Waals surface area contributed by atoms with Gasteiger partial charge in [0.2, 0.25) is 0 Å². The molecule has 24 heavy (non-hydrogen) atoms. The molecule has 0 spiro atoms. The lowest BCUT2D eigenvalue weighted by molar-refractivity contribution is -0.139. The number of hydrogen-bond acceptors (Lipinski definition) is 6. The molecule has 132 valence electrons. The molecule has 8 nitrogen and oxygen atoms in total. The van der Waals surface area contributed by atoms with Gasteiger partial charge in [-0.1, -0.05) is 5.16 Å². The lowest BCUT2D eigenvalue weighted by Crippen LogP contribution is -2.55. The minimum Gasteiger partial charge on any atom is -0.480 e. The van der Waals surface area contributed by atoms with E-state index in [4.69, 9.17) is 14.4 Å². The molecule has 1 aromatic rings. The average molecular weight is 337 g/mol. The van der Waals surface area contributed by atoms with Crippen LogP contribution in [0.3, 0.4) is 0 Å². The second kappa shape index (κ2) is 7.31. The Hall–Kier alpha value is -1.93. The van der Waals surface area contributed by atoms with Crippen LogP contribution in [-0.4, -0.2) is 59.3 Å². The van der Waals surface area contributed by atoms with Crippen LogP contribution in [0.5, 0.6) is 0 Å². The van der Waals surface area contributed by atoms with Gasteiger partial charge in [0, 0.05) is 31.8 Å². The molecule has 2 aliphatic carbocycles. The first-order valence-electron chi connectivity index (χ1n) is 8.26. The van der Waals surface area contributed by atoms with Gasteiger partial charge < -0.3 is 19.7 Å². The number of nitrogens with one attached hydrogen (secondary N) is 1. The number of ether oxygens (including phenoxy) is 1. The van der Waals surface area contributed by atoms with E-state index in [2.05, 4.69) is 10.5 Å². The lowest BCUT2D eigenvalue weighted by atomic mass is 9.85. The summed E-state index contributed by atoms with van der Waals surface area (Å²) in [6, 6.07) is 1.85. The molecule has 1 heterocycles. The van der Waals surface area contributed by atoms with E-state index < -0.39 is 5.97 Å². The van der Waals surface area contributed by atoms with Gasteiger partial charge in [-0.3, -0.25) is 14.5 Å². The van der Waals surface area contributed by atoms with E-state index in [0.717, 1.165) is 19.4 Å². The Morgan fingerprint density at radius 2 is 2.21 bits per heavy atom. The molecule has 3 rings (SSSR count). The second-order valence-corrected chi connectivity index (χ2v) is 6.67. The first-order chi connectivity index (χ1) is 11.5. The van der Waals surface area contributed by atoms with Crippen LogP contribution >= 0.6 is 0 Å². The maximum Gasteiger partial charge on any atom is 0.317 e. The minimum atomic E-state index is -0.795. The summed E-state index contributed by atoms with van der Waals surface area (Å²) in [5.41, 5.74) is 0.242. The molecule has 2 N–H and O–H groups in total. The number of carboxylic acids is 1. The van der Waals surface area contributed by atoms with Gasteiger partial charge in [0.05, 0.1) is 6.54 Å². The maximum atomic E-state index is 12.1.